The van der Waals surface area contributed by atoms with Crippen LogP contribution in [0.3, 0.4) is 0 Å². The van der Waals surface area contributed by atoms with Crippen molar-refractivity contribution in [1.82, 2.24) is 0 Å². The summed E-state index contributed by atoms with van der Waals surface area (Å²) in [5.41, 5.74) is 0.350. The predicted octanol–water partition coefficient (Wildman–Crippen LogP) is 4.13. The summed E-state index contributed by atoms with van der Waals surface area (Å²) in [4.78, 5) is 12.2. The van der Waals surface area contributed by atoms with Crippen LogP contribution in [0, 0.1) is 5.82 Å². The van der Waals surface area contributed by atoms with Gasteiger partial charge in [0.2, 0.25) is 0 Å². The zero-order chi connectivity index (χ0) is 20.3. The molecule has 0 fully saturated rings. The zero-order valence-corrected chi connectivity index (χ0v) is 16.3. The molecule has 3 aromatic carbocycles. The maximum Gasteiger partial charge on any atom is 0.327 e. The Morgan fingerprint density at radius 1 is 1.00 bits per heavy atom. The molecule has 0 radical (unpaired) electrons. The van der Waals surface area contributed by atoms with Gasteiger partial charge in [0.15, 0.2) is 0 Å². The normalized spacial score (nSPS) is 11.6. The Hall–Kier alpha value is -2.93. The van der Waals surface area contributed by atoms with Crippen molar-refractivity contribution < 1.29 is 22.3 Å². The van der Waals surface area contributed by atoms with Gasteiger partial charge in [0.05, 0.1) is 16.7 Å². The first-order valence-electron chi connectivity index (χ1n) is 8.74. The van der Waals surface area contributed by atoms with Crippen LogP contribution in [0.15, 0.2) is 71.6 Å². The van der Waals surface area contributed by atoms with Crippen molar-refractivity contribution in [3.63, 3.8) is 0 Å². The molecule has 0 aliphatic rings. The third-order valence-corrected chi connectivity index (χ3v) is 5.85. The van der Waals surface area contributed by atoms with Crippen LogP contribution in [0.1, 0.15) is 13.8 Å². The predicted molar refractivity (Wildman–Crippen MR) is 106 cm³/mol. The van der Waals surface area contributed by atoms with Gasteiger partial charge in [-0.15, -0.1) is 0 Å². The molecule has 3 aromatic rings. The highest BCUT2D eigenvalue weighted by Crippen LogP contribution is 2.31. The number of carbonyl (C=O) groups excluding carboxylic acids is 1. The van der Waals surface area contributed by atoms with E-state index in [1.165, 1.54) is 12.1 Å². The van der Waals surface area contributed by atoms with E-state index in [4.69, 9.17) is 4.74 Å². The molecular weight excluding hydrogens is 381 g/mol. The van der Waals surface area contributed by atoms with Crippen molar-refractivity contribution >= 4 is 32.5 Å². The molecule has 0 amide bonds. The molecule has 0 saturated carbocycles. The third kappa shape index (κ3) is 4.14. The van der Waals surface area contributed by atoms with E-state index in [0.717, 1.165) is 21.8 Å². The van der Waals surface area contributed by atoms with E-state index in [2.05, 4.69) is 0 Å². The monoisotopic (exact) mass is 401 g/mol. The highest BCUT2D eigenvalue weighted by atomic mass is 32.2. The molecule has 3 rings (SSSR count). The van der Waals surface area contributed by atoms with E-state index < -0.39 is 28.4 Å². The molecule has 0 heterocycles. The van der Waals surface area contributed by atoms with Crippen LogP contribution in [-0.4, -0.2) is 27.0 Å². The lowest BCUT2D eigenvalue weighted by atomic mass is 10.1. The highest BCUT2D eigenvalue weighted by molar-refractivity contribution is 7.92. The number of nitrogens with zero attached hydrogens (tertiary/aromatic N) is 1. The second-order valence-corrected chi connectivity index (χ2v) is 8.36. The molecule has 0 bridgehead atoms. The number of hydrogen-bond donors (Lipinski definition) is 0. The van der Waals surface area contributed by atoms with Crippen LogP contribution in [0.5, 0.6) is 0 Å². The standard InChI is InChI=1S/C21H20FNO4S/c1-15(2)27-21(24)14-23(28(25,26)18-12-10-17(22)11-13-18)20-9-5-7-16-6-3-4-8-19(16)20/h3-13,15H,14H2,1-2H3. The molecule has 0 aromatic heterocycles. The summed E-state index contributed by atoms with van der Waals surface area (Å²) >= 11 is 0. The van der Waals surface area contributed by atoms with Crippen LogP contribution in [0.25, 0.3) is 10.8 Å². The van der Waals surface area contributed by atoms with Crippen molar-refractivity contribution in [3.05, 3.63) is 72.5 Å². The molecule has 0 N–H and O–H groups in total. The number of sulfonamides is 1. The number of rotatable bonds is 6. The minimum Gasteiger partial charge on any atom is -0.462 e. The van der Waals surface area contributed by atoms with Crippen LogP contribution in [0.2, 0.25) is 0 Å². The number of hydrogen-bond acceptors (Lipinski definition) is 4. The first-order chi connectivity index (χ1) is 13.3. The molecule has 5 nitrogen and oxygen atoms in total. The molecule has 0 saturated heterocycles. The molecule has 0 spiro atoms. The first-order valence-corrected chi connectivity index (χ1v) is 10.2. The summed E-state index contributed by atoms with van der Waals surface area (Å²) in [5.74, 6) is -1.22. The SMILES string of the molecule is CC(C)OC(=O)CN(c1cccc2ccccc12)S(=O)(=O)c1ccc(F)cc1. The minimum absolute atomic E-state index is 0.112. The molecular formula is C21H20FNO4S. The Morgan fingerprint density at radius 3 is 2.32 bits per heavy atom. The molecule has 146 valence electrons. The van der Waals surface area contributed by atoms with Gasteiger partial charge in [-0.1, -0.05) is 36.4 Å². The minimum atomic E-state index is -4.13. The lowest BCUT2D eigenvalue weighted by Crippen LogP contribution is -2.37. The van der Waals surface area contributed by atoms with E-state index in [1.807, 2.05) is 18.2 Å². The largest absolute Gasteiger partial charge is 0.462 e. The fourth-order valence-corrected chi connectivity index (χ4v) is 4.30. The Labute approximate surface area is 163 Å². The van der Waals surface area contributed by atoms with E-state index in [0.29, 0.717) is 11.1 Å². The summed E-state index contributed by atoms with van der Waals surface area (Å²) in [5, 5.41) is 1.50. The van der Waals surface area contributed by atoms with Crippen molar-refractivity contribution in [1.29, 1.82) is 0 Å². The zero-order valence-electron chi connectivity index (χ0n) is 15.5. The van der Waals surface area contributed by atoms with Gasteiger partial charge in [-0.25, -0.2) is 12.8 Å². The van der Waals surface area contributed by atoms with Gasteiger partial charge < -0.3 is 4.74 Å². The molecule has 0 aliphatic heterocycles. The second kappa shape index (κ2) is 7.98. The topological polar surface area (TPSA) is 63.7 Å². The van der Waals surface area contributed by atoms with Crippen molar-refractivity contribution in [3.8, 4) is 0 Å². The Kier molecular flexibility index (Phi) is 5.65. The van der Waals surface area contributed by atoms with Gasteiger partial charge in [-0.3, -0.25) is 9.10 Å². The highest BCUT2D eigenvalue weighted by Gasteiger charge is 2.29. The van der Waals surface area contributed by atoms with Crippen LogP contribution >= 0.6 is 0 Å². The summed E-state index contributed by atoms with van der Waals surface area (Å²) in [6, 6.07) is 17.0. The Morgan fingerprint density at radius 2 is 1.64 bits per heavy atom. The van der Waals surface area contributed by atoms with Gasteiger partial charge >= 0.3 is 5.97 Å². The number of benzene rings is 3. The number of anilines is 1. The van der Waals surface area contributed by atoms with Crippen molar-refractivity contribution in [2.24, 2.45) is 0 Å². The van der Waals surface area contributed by atoms with Gasteiger partial charge in [-0.2, -0.15) is 0 Å². The van der Waals surface area contributed by atoms with E-state index >= 15 is 0 Å². The molecule has 0 aliphatic carbocycles. The quantitative estimate of drug-likeness (QED) is 0.583. The fraction of sp³-hybridized carbons (Fsp3) is 0.190. The van der Waals surface area contributed by atoms with Crippen LogP contribution in [0.4, 0.5) is 10.1 Å². The first kappa shape index (κ1) is 19.8. The van der Waals surface area contributed by atoms with E-state index in [1.54, 1.807) is 38.1 Å². The van der Waals surface area contributed by atoms with E-state index in [9.17, 15) is 17.6 Å². The average molecular weight is 401 g/mol. The number of halogens is 1. The lowest BCUT2D eigenvalue weighted by Gasteiger charge is -2.25. The summed E-state index contributed by atoms with van der Waals surface area (Å²) in [7, 11) is -4.13. The van der Waals surface area contributed by atoms with Gasteiger partial charge in [-0.05, 0) is 49.6 Å². The maximum absolute atomic E-state index is 13.3. The van der Waals surface area contributed by atoms with Gasteiger partial charge in [0.25, 0.3) is 10.0 Å². The Bertz CT molecular complexity index is 1090. The van der Waals surface area contributed by atoms with Crippen LogP contribution < -0.4 is 4.31 Å². The van der Waals surface area contributed by atoms with Gasteiger partial charge in [0, 0.05) is 5.39 Å². The molecule has 0 unspecified atom stereocenters. The summed E-state index contributed by atoms with van der Waals surface area (Å²) in [6.07, 6.45) is -0.379. The van der Waals surface area contributed by atoms with Crippen molar-refractivity contribution in [2.75, 3.05) is 10.8 Å². The molecule has 7 heteroatoms. The smallest absolute Gasteiger partial charge is 0.327 e. The lowest BCUT2D eigenvalue weighted by molar-refractivity contribution is -0.145. The van der Waals surface area contributed by atoms with Crippen molar-refractivity contribution in [2.45, 2.75) is 24.8 Å². The Balaban J connectivity index is 2.14. The number of fused-ring (bicyclic) bond motifs is 1. The average Bonchev–Trinajstić information content (AvgIpc) is 2.65. The number of carbonyl (C=O) groups is 1. The fourth-order valence-electron chi connectivity index (χ4n) is 2.88. The maximum atomic E-state index is 13.3. The summed E-state index contributed by atoms with van der Waals surface area (Å²) < 4.78 is 46.1. The number of esters is 1. The van der Waals surface area contributed by atoms with E-state index in [-0.39, 0.29) is 11.0 Å². The second-order valence-electron chi connectivity index (χ2n) is 6.50. The number of ether oxygens (including phenoxy) is 1. The van der Waals surface area contributed by atoms with Gasteiger partial charge in [0.1, 0.15) is 12.4 Å². The molecule has 0 atom stereocenters. The molecule has 28 heavy (non-hydrogen) atoms. The third-order valence-electron chi connectivity index (χ3n) is 4.08. The van der Waals surface area contributed by atoms with Crippen LogP contribution in [-0.2, 0) is 19.6 Å². The summed E-state index contributed by atoms with van der Waals surface area (Å²) in [6.45, 7) is 2.88.